The van der Waals surface area contributed by atoms with E-state index in [4.69, 9.17) is 5.11 Å². The van der Waals surface area contributed by atoms with Gasteiger partial charge in [-0.25, -0.2) is 4.79 Å². The van der Waals surface area contributed by atoms with E-state index in [1.165, 1.54) is 17.7 Å². The van der Waals surface area contributed by atoms with Crippen LogP contribution < -0.4 is 5.32 Å². The molecule has 0 heterocycles. The quantitative estimate of drug-likeness (QED) is 0.601. The molecule has 0 bridgehead atoms. The summed E-state index contributed by atoms with van der Waals surface area (Å²) < 4.78 is 0. The highest BCUT2D eigenvalue weighted by Crippen LogP contribution is 2.18. The van der Waals surface area contributed by atoms with Crippen molar-refractivity contribution >= 4 is 6.09 Å². The Hall–Kier alpha value is -0.770. The fraction of sp³-hybridized carbons (Fsp3) is 0.875. The van der Waals surface area contributed by atoms with Gasteiger partial charge in [-0.3, -0.25) is 0 Å². The highest BCUT2D eigenvalue weighted by molar-refractivity contribution is 5.64. The lowest BCUT2D eigenvalue weighted by Gasteiger charge is -2.12. The predicted molar refractivity (Wildman–Crippen MR) is 46.3 cm³/mol. The molecule has 0 saturated heterocycles. The number of nitrogens with one attached hydrogen (secondary N) is 1. The van der Waals surface area contributed by atoms with Crippen molar-refractivity contribution in [2.24, 2.45) is 0 Å². The summed E-state index contributed by atoms with van der Waals surface area (Å²) in [6.45, 7) is 1.55. The van der Waals surface area contributed by atoms with Crippen LogP contribution in [0.25, 0.3) is 0 Å². The molecular formula is C8H16N2O2. The molecule has 4 nitrogen and oxygen atoms in total. The molecular weight excluding hydrogens is 156 g/mol. The molecule has 0 spiro atoms. The average molecular weight is 172 g/mol. The average Bonchev–Trinajstić information content (AvgIpc) is 2.80. The molecule has 1 saturated carbocycles. The SMILES string of the molecule is CN(CCCNC1CC1)C(=O)O. The molecule has 2 N–H and O–H groups in total. The zero-order valence-electron chi connectivity index (χ0n) is 7.42. The highest BCUT2D eigenvalue weighted by Gasteiger charge is 2.19. The van der Waals surface area contributed by atoms with Crippen molar-refractivity contribution in [3.8, 4) is 0 Å². The summed E-state index contributed by atoms with van der Waals surface area (Å²) >= 11 is 0. The van der Waals surface area contributed by atoms with Gasteiger partial charge in [0.2, 0.25) is 0 Å². The van der Waals surface area contributed by atoms with E-state index in [0.29, 0.717) is 6.54 Å². The Morgan fingerprint density at radius 3 is 2.83 bits per heavy atom. The van der Waals surface area contributed by atoms with E-state index in [0.717, 1.165) is 19.0 Å². The monoisotopic (exact) mass is 172 g/mol. The summed E-state index contributed by atoms with van der Waals surface area (Å²) in [4.78, 5) is 11.7. The van der Waals surface area contributed by atoms with E-state index in [9.17, 15) is 4.79 Å². The standard InChI is InChI=1S/C8H16N2O2/c1-10(8(11)12)6-2-5-9-7-3-4-7/h7,9H,2-6H2,1H3,(H,11,12). The minimum atomic E-state index is -0.846. The first kappa shape index (κ1) is 9.32. The zero-order chi connectivity index (χ0) is 8.97. The molecule has 70 valence electrons. The van der Waals surface area contributed by atoms with Crippen LogP contribution in [0.1, 0.15) is 19.3 Å². The van der Waals surface area contributed by atoms with Crippen molar-refractivity contribution in [2.45, 2.75) is 25.3 Å². The number of amides is 1. The Labute approximate surface area is 72.6 Å². The molecule has 0 aliphatic heterocycles. The van der Waals surface area contributed by atoms with Crippen LogP contribution in [-0.4, -0.2) is 42.3 Å². The van der Waals surface area contributed by atoms with Crippen molar-refractivity contribution in [1.29, 1.82) is 0 Å². The van der Waals surface area contributed by atoms with Gasteiger partial charge in [-0.2, -0.15) is 0 Å². The smallest absolute Gasteiger partial charge is 0.407 e. The number of carbonyl (C=O) groups is 1. The van der Waals surface area contributed by atoms with Crippen molar-refractivity contribution in [1.82, 2.24) is 10.2 Å². The van der Waals surface area contributed by atoms with Crippen LogP contribution in [0.4, 0.5) is 4.79 Å². The Morgan fingerprint density at radius 1 is 1.67 bits per heavy atom. The third kappa shape index (κ3) is 3.57. The fourth-order valence-corrected chi connectivity index (χ4v) is 1.01. The molecule has 1 amide bonds. The lowest BCUT2D eigenvalue weighted by Crippen LogP contribution is -2.28. The molecule has 1 aliphatic rings. The maximum absolute atomic E-state index is 10.3. The van der Waals surface area contributed by atoms with Crippen LogP contribution in [0.5, 0.6) is 0 Å². The topological polar surface area (TPSA) is 52.6 Å². The van der Waals surface area contributed by atoms with E-state index in [-0.39, 0.29) is 0 Å². The lowest BCUT2D eigenvalue weighted by atomic mass is 10.4. The minimum Gasteiger partial charge on any atom is -0.465 e. The summed E-state index contributed by atoms with van der Waals surface area (Å²) in [5.41, 5.74) is 0. The van der Waals surface area contributed by atoms with Gasteiger partial charge in [-0.1, -0.05) is 0 Å². The van der Waals surface area contributed by atoms with Gasteiger partial charge in [0.05, 0.1) is 0 Å². The molecule has 0 aromatic heterocycles. The number of rotatable bonds is 5. The molecule has 0 radical (unpaired) electrons. The van der Waals surface area contributed by atoms with Crippen molar-refractivity contribution < 1.29 is 9.90 Å². The van der Waals surface area contributed by atoms with Gasteiger partial charge in [-0.15, -0.1) is 0 Å². The molecule has 0 unspecified atom stereocenters. The molecule has 1 aliphatic carbocycles. The van der Waals surface area contributed by atoms with E-state index in [2.05, 4.69) is 5.32 Å². The molecule has 0 aromatic rings. The van der Waals surface area contributed by atoms with Crippen LogP contribution >= 0.6 is 0 Å². The second-order valence-electron chi connectivity index (χ2n) is 3.29. The lowest BCUT2D eigenvalue weighted by molar-refractivity contribution is 0.155. The summed E-state index contributed by atoms with van der Waals surface area (Å²) in [5, 5.41) is 11.8. The molecule has 4 heteroatoms. The molecule has 12 heavy (non-hydrogen) atoms. The third-order valence-corrected chi connectivity index (χ3v) is 2.01. The maximum Gasteiger partial charge on any atom is 0.407 e. The minimum absolute atomic E-state index is 0.620. The van der Waals surface area contributed by atoms with E-state index in [1.807, 2.05) is 0 Å². The second kappa shape index (κ2) is 4.30. The van der Waals surface area contributed by atoms with Gasteiger partial charge < -0.3 is 15.3 Å². The first-order chi connectivity index (χ1) is 5.70. The molecule has 1 rings (SSSR count). The van der Waals surface area contributed by atoms with Crippen molar-refractivity contribution in [2.75, 3.05) is 20.1 Å². The predicted octanol–water partition coefficient (Wildman–Crippen LogP) is 0.738. The zero-order valence-corrected chi connectivity index (χ0v) is 7.42. The third-order valence-electron chi connectivity index (χ3n) is 2.01. The van der Waals surface area contributed by atoms with Crippen molar-refractivity contribution in [3.63, 3.8) is 0 Å². The fourth-order valence-electron chi connectivity index (χ4n) is 1.01. The Balaban J connectivity index is 1.89. The van der Waals surface area contributed by atoms with Crippen LogP contribution in [0.2, 0.25) is 0 Å². The molecule has 0 atom stereocenters. The Bertz CT molecular complexity index is 157. The normalized spacial score (nSPS) is 16.1. The maximum atomic E-state index is 10.3. The van der Waals surface area contributed by atoms with Crippen LogP contribution in [-0.2, 0) is 0 Å². The summed E-state index contributed by atoms with van der Waals surface area (Å²) in [7, 11) is 1.60. The van der Waals surface area contributed by atoms with Crippen LogP contribution in [0.15, 0.2) is 0 Å². The van der Waals surface area contributed by atoms with Crippen LogP contribution in [0, 0.1) is 0 Å². The Kier molecular flexibility index (Phi) is 3.34. The molecule has 1 fully saturated rings. The van der Waals surface area contributed by atoms with Gasteiger partial charge in [-0.05, 0) is 25.8 Å². The van der Waals surface area contributed by atoms with Gasteiger partial charge in [0.25, 0.3) is 0 Å². The number of nitrogens with zero attached hydrogens (tertiary/aromatic N) is 1. The van der Waals surface area contributed by atoms with E-state index in [1.54, 1.807) is 7.05 Å². The number of carboxylic acid groups (broad SMARTS) is 1. The number of hydrogen-bond acceptors (Lipinski definition) is 2. The van der Waals surface area contributed by atoms with Gasteiger partial charge in [0.15, 0.2) is 0 Å². The number of hydrogen-bond donors (Lipinski definition) is 2. The van der Waals surface area contributed by atoms with Gasteiger partial charge >= 0.3 is 6.09 Å². The van der Waals surface area contributed by atoms with Crippen LogP contribution in [0.3, 0.4) is 0 Å². The van der Waals surface area contributed by atoms with Gasteiger partial charge in [0.1, 0.15) is 0 Å². The first-order valence-electron chi connectivity index (χ1n) is 4.37. The Morgan fingerprint density at radius 2 is 2.33 bits per heavy atom. The molecule has 0 aromatic carbocycles. The highest BCUT2D eigenvalue weighted by atomic mass is 16.4. The van der Waals surface area contributed by atoms with Crippen molar-refractivity contribution in [3.05, 3.63) is 0 Å². The van der Waals surface area contributed by atoms with E-state index < -0.39 is 6.09 Å². The van der Waals surface area contributed by atoms with E-state index >= 15 is 0 Å². The summed E-state index contributed by atoms with van der Waals surface area (Å²) in [5.74, 6) is 0. The summed E-state index contributed by atoms with van der Waals surface area (Å²) in [6, 6.07) is 0.722. The second-order valence-corrected chi connectivity index (χ2v) is 3.29. The summed E-state index contributed by atoms with van der Waals surface area (Å²) in [6.07, 6.45) is 2.63. The first-order valence-corrected chi connectivity index (χ1v) is 4.37. The largest absolute Gasteiger partial charge is 0.465 e. The van der Waals surface area contributed by atoms with Gasteiger partial charge in [0, 0.05) is 19.6 Å².